The van der Waals surface area contributed by atoms with Gasteiger partial charge in [-0.25, -0.2) is 13.6 Å². The van der Waals surface area contributed by atoms with Crippen LogP contribution < -0.4 is 10.5 Å². The largest absolute Gasteiger partial charge is 0.321 e. The fourth-order valence-corrected chi connectivity index (χ4v) is 2.31. The van der Waals surface area contributed by atoms with Crippen LogP contribution in [0.2, 0.25) is 0 Å². The Morgan fingerprint density at radius 3 is 2.22 bits per heavy atom. The highest BCUT2D eigenvalue weighted by Gasteiger charge is 2.11. The maximum Gasteiger partial charge on any atom is 0.266 e. The molecule has 7 heteroatoms. The van der Waals surface area contributed by atoms with Crippen molar-refractivity contribution in [2.75, 3.05) is 5.32 Å². The third kappa shape index (κ3) is 4.51. The molecule has 0 spiro atoms. The predicted molar refractivity (Wildman–Crippen MR) is 86.5 cm³/mol. The monoisotopic (exact) mass is 327 g/mol. The summed E-state index contributed by atoms with van der Waals surface area (Å²) in [6.07, 6.45) is 1.47. The Balaban J connectivity index is 2.18. The van der Waals surface area contributed by atoms with E-state index in [-0.39, 0.29) is 10.5 Å². The van der Waals surface area contributed by atoms with Gasteiger partial charge in [-0.1, -0.05) is 30.3 Å². The first kappa shape index (κ1) is 16.4. The number of hydrogen-bond donors (Lipinski definition) is 2. The van der Waals surface area contributed by atoms with Crippen molar-refractivity contribution in [2.24, 2.45) is 5.14 Å². The summed E-state index contributed by atoms with van der Waals surface area (Å²) < 4.78 is 22.3. The molecular formula is C16H13N3O3S. The Bertz CT molecular complexity index is 880. The number of hydrogen-bond acceptors (Lipinski definition) is 4. The van der Waals surface area contributed by atoms with E-state index in [0.717, 1.165) is 5.56 Å². The second kappa shape index (κ2) is 6.87. The van der Waals surface area contributed by atoms with E-state index in [0.29, 0.717) is 5.69 Å². The van der Waals surface area contributed by atoms with E-state index in [2.05, 4.69) is 5.32 Å². The van der Waals surface area contributed by atoms with Gasteiger partial charge in [0.1, 0.15) is 11.6 Å². The second-order valence-electron chi connectivity index (χ2n) is 4.60. The average molecular weight is 327 g/mol. The highest BCUT2D eigenvalue weighted by Crippen LogP contribution is 2.14. The molecule has 1 amide bonds. The predicted octanol–water partition coefficient (Wildman–Crippen LogP) is 1.88. The van der Waals surface area contributed by atoms with Crippen LogP contribution in [0.5, 0.6) is 0 Å². The molecular weight excluding hydrogens is 314 g/mol. The zero-order valence-electron chi connectivity index (χ0n) is 11.9. The van der Waals surface area contributed by atoms with Crippen molar-refractivity contribution in [3.8, 4) is 6.07 Å². The van der Waals surface area contributed by atoms with Gasteiger partial charge >= 0.3 is 0 Å². The van der Waals surface area contributed by atoms with Gasteiger partial charge in [0, 0.05) is 5.69 Å². The van der Waals surface area contributed by atoms with Crippen molar-refractivity contribution in [3.05, 3.63) is 65.7 Å². The molecule has 0 atom stereocenters. The van der Waals surface area contributed by atoms with Gasteiger partial charge in [0.25, 0.3) is 5.91 Å². The first-order valence-corrected chi connectivity index (χ1v) is 8.06. The molecule has 0 aliphatic heterocycles. The van der Waals surface area contributed by atoms with E-state index in [1.165, 1.54) is 30.3 Å². The zero-order chi connectivity index (χ0) is 16.9. The van der Waals surface area contributed by atoms with Crippen LogP contribution in [0.3, 0.4) is 0 Å². The van der Waals surface area contributed by atoms with Gasteiger partial charge in [0.05, 0.1) is 4.90 Å². The van der Waals surface area contributed by atoms with Crippen molar-refractivity contribution in [3.63, 3.8) is 0 Å². The SMILES string of the molecule is N#C/C(=C/c1ccccc1)C(=O)Nc1ccc(S(N)(=O)=O)cc1. The van der Waals surface area contributed by atoms with Gasteiger partial charge in [-0.05, 0) is 35.9 Å². The van der Waals surface area contributed by atoms with Gasteiger partial charge in [0.2, 0.25) is 10.0 Å². The van der Waals surface area contributed by atoms with Crippen molar-refractivity contribution in [1.82, 2.24) is 0 Å². The maximum atomic E-state index is 12.1. The number of anilines is 1. The highest BCUT2D eigenvalue weighted by molar-refractivity contribution is 7.89. The molecule has 2 aromatic rings. The van der Waals surface area contributed by atoms with Gasteiger partial charge in [-0.3, -0.25) is 4.79 Å². The summed E-state index contributed by atoms with van der Waals surface area (Å²) in [5.74, 6) is -0.584. The molecule has 23 heavy (non-hydrogen) atoms. The number of carbonyl (C=O) groups excluding carboxylic acids is 1. The van der Waals surface area contributed by atoms with E-state index in [4.69, 9.17) is 10.4 Å². The lowest BCUT2D eigenvalue weighted by atomic mass is 10.1. The third-order valence-corrected chi connectivity index (χ3v) is 3.85. The first-order chi connectivity index (χ1) is 10.9. The lowest BCUT2D eigenvalue weighted by Gasteiger charge is -2.05. The van der Waals surface area contributed by atoms with Crippen molar-refractivity contribution in [1.29, 1.82) is 5.26 Å². The maximum absolute atomic E-state index is 12.1. The number of primary sulfonamides is 1. The molecule has 0 heterocycles. The summed E-state index contributed by atoms with van der Waals surface area (Å²) in [5, 5.41) is 16.6. The van der Waals surface area contributed by atoms with Gasteiger partial charge in [-0.15, -0.1) is 0 Å². The van der Waals surface area contributed by atoms with Crippen LogP contribution in [0.25, 0.3) is 6.08 Å². The molecule has 3 N–H and O–H groups in total. The lowest BCUT2D eigenvalue weighted by Crippen LogP contribution is -2.14. The van der Waals surface area contributed by atoms with Crippen LogP contribution in [-0.2, 0) is 14.8 Å². The molecule has 0 bridgehead atoms. The molecule has 0 radical (unpaired) electrons. The summed E-state index contributed by atoms with van der Waals surface area (Å²) in [4.78, 5) is 12.0. The lowest BCUT2D eigenvalue weighted by molar-refractivity contribution is -0.112. The molecule has 6 nitrogen and oxygen atoms in total. The molecule has 0 aliphatic rings. The van der Waals surface area contributed by atoms with Crippen molar-refractivity contribution in [2.45, 2.75) is 4.90 Å². The molecule has 0 saturated carbocycles. The number of amides is 1. The number of nitrogens with two attached hydrogens (primary N) is 1. The molecule has 0 aliphatic carbocycles. The van der Waals surface area contributed by atoms with E-state index in [1.54, 1.807) is 24.3 Å². The standard InChI is InChI=1S/C16H13N3O3S/c17-11-13(10-12-4-2-1-3-5-12)16(20)19-14-6-8-15(9-7-14)23(18,21)22/h1-10H,(H,19,20)(H2,18,21,22)/b13-10-. The van der Waals surface area contributed by atoms with Crippen LogP contribution in [0.15, 0.2) is 65.1 Å². The molecule has 0 saturated heterocycles. The summed E-state index contributed by atoms with van der Waals surface area (Å²) in [5.41, 5.74) is 1.02. The Labute approximate surface area is 133 Å². The quantitative estimate of drug-likeness (QED) is 0.659. The normalized spacial score (nSPS) is 11.6. The molecule has 116 valence electrons. The summed E-state index contributed by atoms with van der Waals surface area (Å²) in [7, 11) is -3.79. The molecule has 0 unspecified atom stereocenters. The van der Waals surface area contributed by atoms with Crippen LogP contribution in [-0.4, -0.2) is 14.3 Å². The Hall–Kier alpha value is -2.95. The van der Waals surface area contributed by atoms with Crippen LogP contribution in [0.1, 0.15) is 5.56 Å². The molecule has 0 fully saturated rings. The molecule has 0 aromatic heterocycles. The fraction of sp³-hybridized carbons (Fsp3) is 0. The number of nitrogens with one attached hydrogen (secondary N) is 1. The van der Waals surface area contributed by atoms with E-state index in [1.807, 2.05) is 12.1 Å². The van der Waals surface area contributed by atoms with Crippen molar-refractivity contribution >= 4 is 27.7 Å². The first-order valence-electron chi connectivity index (χ1n) is 6.51. The van der Waals surface area contributed by atoms with Crippen LogP contribution in [0, 0.1) is 11.3 Å². The van der Waals surface area contributed by atoms with E-state index in [9.17, 15) is 13.2 Å². The molecule has 2 rings (SSSR count). The number of nitrogens with zero attached hydrogens (tertiary/aromatic N) is 1. The minimum Gasteiger partial charge on any atom is -0.321 e. The number of rotatable bonds is 4. The van der Waals surface area contributed by atoms with Crippen LogP contribution in [0.4, 0.5) is 5.69 Å². The minimum atomic E-state index is -3.79. The number of carbonyl (C=O) groups is 1. The third-order valence-electron chi connectivity index (χ3n) is 2.92. The smallest absolute Gasteiger partial charge is 0.266 e. The topological polar surface area (TPSA) is 113 Å². The Morgan fingerprint density at radius 2 is 1.70 bits per heavy atom. The summed E-state index contributed by atoms with van der Waals surface area (Å²) in [6, 6.07) is 16.1. The summed E-state index contributed by atoms with van der Waals surface area (Å²) in [6.45, 7) is 0. The molecule has 2 aromatic carbocycles. The Kier molecular flexibility index (Phi) is 4.91. The minimum absolute atomic E-state index is 0.0594. The van der Waals surface area contributed by atoms with E-state index >= 15 is 0 Å². The number of benzene rings is 2. The zero-order valence-corrected chi connectivity index (χ0v) is 12.7. The number of sulfonamides is 1. The fourth-order valence-electron chi connectivity index (χ4n) is 1.79. The number of nitriles is 1. The van der Waals surface area contributed by atoms with Gasteiger partial charge in [0.15, 0.2) is 0 Å². The Morgan fingerprint density at radius 1 is 1.09 bits per heavy atom. The van der Waals surface area contributed by atoms with Crippen molar-refractivity contribution < 1.29 is 13.2 Å². The highest BCUT2D eigenvalue weighted by atomic mass is 32.2. The second-order valence-corrected chi connectivity index (χ2v) is 6.17. The average Bonchev–Trinajstić information content (AvgIpc) is 2.53. The summed E-state index contributed by atoms with van der Waals surface area (Å²) >= 11 is 0. The van der Waals surface area contributed by atoms with Crippen LogP contribution >= 0.6 is 0 Å². The van der Waals surface area contributed by atoms with E-state index < -0.39 is 15.9 Å². The van der Waals surface area contributed by atoms with Gasteiger partial charge < -0.3 is 5.32 Å². The van der Waals surface area contributed by atoms with Gasteiger partial charge in [-0.2, -0.15) is 5.26 Å².